The van der Waals surface area contributed by atoms with E-state index in [1.807, 2.05) is 6.26 Å². The lowest BCUT2D eigenvalue weighted by Crippen LogP contribution is -2.41. The molecule has 1 aromatic heterocycles. The highest BCUT2D eigenvalue weighted by molar-refractivity contribution is 7.98. The molecule has 9 heteroatoms. The maximum atomic E-state index is 11.4. The zero-order chi connectivity index (χ0) is 12.0. The molecule has 1 atom stereocenters. The van der Waals surface area contributed by atoms with Gasteiger partial charge in [-0.15, -0.1) is 10.2 Å². The summed E-state index contributed by atoms with van der Waals surface area (Å²) in [7, 11) is 0. The van der Waals surface area contributed by atoms with Crippen molar-refractivity contribution in [2.75, 3.05) is 12.0 Å². The Balaban J connectivity index is 2.54. The second kappa shape index (κ2) is 6.05. The number of H-pyrrole nitrogens is 1. The smallest absolute Gasteiger partial charge is 0.326 e. The van der Waals surface area contributed by atoms with E-state index in [9.17, 15) is 9.59 Å². The second-order valence-corrected chi connectivity index (χ2v) is 3.87. The van der Waals surface area contributed by atoms with Crippen molar-refractivity contribution >= 4 is 23.6 Å². The summed E-state index contributed by atoms with van der Waals surface area (Å²) in [6.07, 6.45) is 2.21. The van der Waals surface area contributed by atoms with Gasteiger partial charge in [-0.25, -0.2) is 4.79 Å². The molecule has 1 amide bonds. The molecule has 88 valence electrons. The number of carboxylic acids is 1. The fourth-order valence-corrected chi connectivity index (χ4v) is 1.45. The van der Waals surface area contributed by atoms with E-state index in [2.05, 4.69) is 25.9 Å². The Morgan fingerprint density at radius 1 is 1.62 bits per heavy atom. The lowest BCUT2D eigenvalue weighted by atomic mass is 10.2. The SMILES string of the molecule is CSCCC(NC(=O)c1nn[nH]n1)C(=O)O. The third kappa shape index (κ3) is 3.50. The molecule has 8 nitrogen and oxygen atoms in total. The van der Waals surface area contributed by atoms with E-state index in [-0.39, 0.29) is 5.82 Å². The molecule has 1 rings (SSSR count). The molecular formula is C7H11N5O3S. The lowest BCUT2D eigenvalue weighted by Gasteiger charge is -2.11. The predicted molar refractivity (Wildman–Crippen MR) is 56.1 cm³/mol. The van der Waals surface area contributed by atoms with E-state index in [4.69, 9.17) is 5.11 Å². The number of tetrazole rings is 1. The first-order chi connectivity index (χ1) is 7.65. The summed E-state index contributed by atoms with van der Waals surface area (Å²) in [6.45, 7) is 0. The van der Waals surface area contributed by atoms with Gasteiger partial charge in [0.25, 0.3) is 11.7 Å². The van der Waals surface area contributed by atoms with Gasteiger partial charge < -0.3 is 10.4 Å². The van der Waals surface area contributed by atoms with Crippen LogP contribution in [0, 0.1) is 0 Å². The summed E-state index contributed by atoms with van der Waals surface area (Å²) < 4.78 is 0. The molecule has 1 heterocycles. The highest BCUT2D eigenvalue weighted by atomic mass is 32.2. The third-order valence-corrected chi connectivity index (χ3v) is 2.41. The number of carbonyl (C=O) groups is 2. The first-order valence-corrected chi connectivity index (χ1v) is 5.80. The summed E-state index contributed by atoms with van der Waals surface area (Å²) in [5.41, 5.74) is 0. The van der Waals surface area contributed by atoms with Crippen molar-refractivity contribution in [3.63, 3.8) is 0 Å². The van der Waals surface area contributed by atoms with Crippen LogP contribution in [0.5, 0.6) is 0 Å². The maximum absolute atomic E-state index is 11.4. The highest BCUT2D eigenvalue weighted by Crippen LogP contribution is 2.01. The van der Waals surface area contributed by atoms with E-state index < -0.39 is 17.9 Å². The van der Waals surface area contributed by atoms with E-state index >= 15 is 0 Å². The number of carboxylic acid groups (broad SMARTS) is 1. The number of aliphatic carboxylic acids is 1. The van der Waals surface area contributed by atoms with E-state index in [0.717, 1.165) is 0 Å². The number of amides is 1. The molecule has 1 aromatic rings. The third-order valence-electron chi connectivity index (χ3n) is 1.76. The molecule has 0 bridgehead atoms. The van der Waals surface area contributed by atoms with Crippen LogP contribution in [-0.4, -0.2) is 55.7 Å². The number of carbonyl (C=O) groups excluding carboxylic acids is 1. The van der Waals surface area contributed by atoms with Gasteiger partial charge in [0.1, 0.15) is 6.04 Å². The number of thioether (sulfide) groups is 1. The molecule has 0 saturated heterocycles. The van der Waals surface area contributed by atoms with Crippen molar-refractivity contribution in [2.45, 2.75) is 12.5 Å². The fraction of sp³-hybridized carbons (Fsp3) is 0.571. The first-order valence-electron chi connectivity index (χ1n) is 4.41. The van der Waals surface area contributed by atoms with Crippen LogP contribution in [0.4, 0.5) is 0 Å². The summed E-state index contributed by atoms with van der Waals surface area (Å²) in [5.74, 6) is -1.26. The fourth-order valence-electron chi connectivity index (χ4n) is 0.974. The Bertz CT molecular complexity index is 355. The predicted octanol–water partition coefficient (Wildman–Crippen LogP) is -0.864. The van der Waals surface area contributed by atoms with Gasteiger partial charge >= 0.3 is 5.97 Å². The average Bonchev–Trinajstić information content (AvgIpc) is 2.76. The Morgan fingerprint density at radius 2 is 2.38 bits per heavy atom. The first kappa shape index (κ1) is 12.4. The Hall–Kier alpha value is -1.64. The summed E-state index contributed by atoms with van der Waals surface area (Å²) >= 11 is 1.51. The van der Waals surface area contributed by atoms with Crippen LogP contribution < -0.4 is 5.32 Å². The van der Waals surface area contributed by atoms with Crippen LogP contribution in [0.25, 0.3) is 0 Å². The molecule has 0 fully saturated rings. The molecule has 0 radical (unpaired) electrons. The minimum atomic E-state index is -1.08. The molecule has 0 aliphatic rings. The monoisotopic (exact) mass is 245 g/mol. The van der Waals surface area contributed by atoms with Gasteiger partial charge in [0, 0.05) is 0 Å². The Morgan fingerprint density at radius 3 is 2.88 bits per heavy atom. The van der Waals surface area contributed by atoms with E-state index in [1.165, 1.54) is 11.8 Å². The standard InChI is InChI=1S/C7H11N5O3S/c1-16-3-2-4(7(14)15)8-6(13)5-9-11-12-10-5/h4H,2-3H2,1H3,(H,8,13)(H,14,15)(H,9,10,11,12). The largest absolute Gasteiger partial charge is 0.480 e. The van der Waals surface area contributed by atoms with Crippen LogP contribution in [0.15, 0.2) is 0 Å². The highest BCUT2D eigenvalue weighted by Gasteiger charge is 2.21. The van der Waals surface area contributed by atoms with Gasteiger partial charge in [0.2, 0.25) is 0 Å². The average molecular weight is 245 g/mol. The minimum Gasteiger partial charge on any atom is -0.480 e. The second-order valence-electron chi connectivity index (χ2n) is 2.88. The zero-order valence-electron chi connectivity index (χ0n) is 8.51. The molecule has 16 heavy (non-hydrogen) atoms. The summed E-state index contributed by atoms with van der Waals surface area (Å²) in [4.78, 5) is 22.2. The molecule has 3 N–H and O–H groups in total. The van der Waals surface area contributed by atoms with Gasteiger partial charge in [-0.05, 0) is 23.6 Å². The molecule has 0 aliphatic carbocycles. The van der Waals surface area contributed by atoms with Crippen LogP contribution >= 0.6 is 11.8 Å². The molecule has 0 aliphatic heterocycles. The molecule has 0 saturated carbocycles. The topological polar surface area (TPSA) is 121 Å². The molecule has 0 spiro atoms. The normalized spacial score (nSPS) is 12.1. The van der Waals surface area contributed by atoms with Gasteiger partial charge in [-0.3, -0.25) is 4.79 Å². The zero-order valence-corrected chi connectivity index (χ0v) is 9.32. The van der Waals surface area contributed by atoms with Gasteiger partial charge in [0.15, 0.2) is 0 Å². The van der Waals surface area contributed by atoms with Crippen LogP contribution in [-0.2, 0) is 4.79 Å². The summed E-state index contributed by atoms with van der Waals surface area (Å²) in [6, 6.07) is -0.932. The van der Waals surface area contributed by atoms with Gasteiger partial charge in [-0.2, -0.15) is 17.0 Å². The van der Waals surface area contributed by atoms with Crippen LogP contribution in [0.3, 0.4) is 0 Å². The quantitative estimate of drug-likeness (QED) is 0.596. The maximum Gasteiger partial charge on any atom is 0.326 e. The summed E-state index contributed by atoms with van der Waals surface area (Å²) in [5, 5.41) is 23.4. The number of hydrogen-bond donors (Lipinski definition) is 3. The number of aromatic nitrogens is 4. The molecule has 1 unspecified atom stereocenters. The van der Waals surface area contributed by atoms with Crippen molar-refractivity contribution < 1.29 is 14.7 Å². The Kier molecular flexibility index (Phi) is 4.70. The van der Waals surface area contributed by atoms with Gasteiger partial charge in [-0.1, -0.05) is 0 Å². The number of nitrogens with one attached hydrogen (secondary N) is 2. The van der Waals surface area contributed by atoms with Crippen LogP contribution in [0.1, 0.15) is 17.0 Å². The van der Waals surface area contributed by atoms with Gasteiger partial charge in [0.05, 0.1) is 0 Å². The van der Waals surface area contributed by atoms with Crippen molar-refractivity contribution in [2.24, 2.45) is 0 Å². The van der Waals surface area contributed by atoms with Crippen molar-refractivity contribution in [3.8, 4) is 0 Å². The molecular weight excluding hydrogens is 234 g/mol. The minimum absolute atomic E-state index is 0.171. The van der Waals surface area contributed by atoms with E-state index in [1.54, 1.807) is 0 Å². The van der Waals surface area contributed by atoms with Crippen molar-refractivity contribution in [1.29, 1.82) is 0 Å². The number of nitrogens with zero attached hydrogens (tertiary/aromatic N) is 3. The molecule has 0 aromatic carbocycles. The van der Waals surface area contributed by atoms with Crippen molar-refractivity contribution in [1.82, 2.24) is 25.9 Å². The van der Waals surface area contributed by atoms with E-state index in [0.29, 0.717) is 12.2 Å². The van der Waals surface area contributed by atoms with Crippen LogP contribution in [0.2, 0.25) is 0 Å². The van der Waals surface area contributed by atoms with Crippen molar-refractivity contribution in [3.05, 3.63) is 5.82 Å². The Labute approximate surface area is 95.2 Å². The number of aromatic amines is 1. The number of hydrogen-bond acceptors (Lipinski definition) is 6. The lowest BCUT2D eigenvalue weighted by molar-refractivity contribution is -0.139. The number of rotatable bonds is 6.